The molecule has 0 unspecified atom stereocenters. The number of ether oxygens (including phenoxy) is 2. The van der Waals surface area contributed by atoms with E-state index in [1.54, 1.807) is 18.2 Å². The van der Waals surface area contributed by atoms with Crippen LogP contribution in [0.3, 0.4) is 0 Å². The number of anilines is 1. The zero-order valence-corrected chi connectivity index (χ0v) is 15.3. The van der Waals surface area contributed by atoms with E-state index in [4.69, 9.17) is 4.74 Å². The number of methoxy groups -OCH3 is 2. The Balaban J connectivity index is 2.39. The number of benzene rings is 2. The number of nitrogens with one attached hydrogen (secondary N) is 1. The summed E-state index contributed by atoms with van der Waals surface area (Å²) in [5.41, 5.74) is 0.298. The van der Waals surface area contributed by atoms with Crippen molar-refractivity contribution in [3.05, 3.63) is 51.6 Å². The Morgan fingerprint density at radius 2 is 1.83 bits per heavy atom. The van der Waals surface area contributed by atoms with Crippen LogP contribution in [0, 0.1) is 3.57 Å². The van der Waals surface area contributed by atoms with Crippen molar-refractivity contribution in [2.45, 2.75) is 4.90 Å². The summed E-state index contributed by atoms with van der Waals surface area (Å²) >= 11 is 1.99. The van der Waals surface area contributed by atoms with E-state index >= 15 is 0 Å². The molecule has 0 fully saturated rings. The van der Waals surface area contributed by atoms with Gasteiger partial charge in [0.15, 0.2) is 0 Å². The molecule has 6 nitrogen and oxygen atoms in total. The average molecular weight is 447 g/mol. The molecular weight excluding hydrogens is 433 g/mol. The molecule has 0 amide bonds. The number of halogens is 1. The molecule has 122 valence electrons. The van der Waals surface area contributed by atoms with Crippen LogP contribution >= 0.6 is 22.6 Å². The lowest BCUT2D eigenvalue weighted by atomic mass is 10.2. The van der Waals surface area contributed by atoms with Gasteiger partial charge in [-0.25, -0.2) is 13.2 Å². The number of hydrogen-bond donors (Lipinski definition) is 1. The highest BCUT2D eigenvalue weighted by molar-refractivity contribution is 14.1. The van der Waals surface area contributed by atoms with Gasteiger partial charge in [-0.15, -0.1) is 0 Å². The quantitative estimate of drug-likeness (QED) is 0.563. The number of rotatable bonds is 5. The van der Waals surface area contributed by atoms with Crippen LogP contribution in [0.25, 0.3) is 0 Å². The van der Waals surface area contributed by atoms with Crippen LogP contribution in [-0.2, 0) is 14.8 Å². The van der Waals surface area contributed by atoms with Crippen LogP contribution in [0.1, 0.15) is 10.4 Å². The van der Waals surface area contributed by atoms with Crippen molar-refractivity contribution in [2.24, 2.45) is 0 Å². The third kappa shape index (κ3) is 3.94. The lowest BCUT2D eigenvalue weighted by molar-refractivity contribution is 0.0602. The van der Waals surface area contributed by atoms with E-state index in [0.717, 1.165) is 0 Å². The van der Waals surface area contributed by atoms with Gasteiger partial charge in [-0.2, -0.15) is 0 Å². The maximum absolute atomic E-state index is 12.5. The van der Waals surface area contributed by atoms with Crippen molar-refractivity contribution >= 4 is 44.3 Å². The van der Waals surface area contributed by atoms with Gasteiger partial charge < -0.3 is 9.47 Å². The van der Waals surface area contributed by atoms with Crippen LogP contribution in [0.4, 0.5) is 5.69 Å². The molecule has 0 radical (unpaired) electrons. The Morgan fingerprint density at radius 3 is 2.43 bits per heavy atom. The first-order valence-electron chi connectivity index (χ1n) is 6.42. The smallest absolute Gasteiger partial charge is 0.339 e. The predicted molar refractivity (Wildman–Crippen MR) is 94.3 cm³/mol. The minimum Gasteiger partial charge on any atom is -0.496 e. The van der Waals surface area contributed by atoms with Crippen molar-refractivity contribution in [1.29, 1.82) is 0 Å². The number of carbonyl (C=O) groups excluding carboxylic acids is 1. The molecule has 0 aliphatic rings. The largest absolute Gasteiger partial charge is 0.496 e. The summed E-state index contributed by atoms with van der Waals surface area (Å²) in [5.74, 6) is -0.0351. The Bertz CT molecular complexity index is 836. The minimum atomic E-state index is -3.84. The lowest BCUT2D eigenvalue weighted by Gasteiger charge is -2.12. The van der Waals surface area contributed by atoms with Crippen LogP contribution in [0.2, 0.25) is 0 Å². The zero-order valence-electron chi connectivity index (χ0n) is 12.4. The molecule has 0 saturated carbocycles. The molecule has 2 rings (SSSR count). The SMILES string of the molecule is COC(=O)c1ccccc1NS(=O)(=O)c1ccc(OC)c(I)c1. The minimum absolute atomic E-state index is 0.0716. The monoisotopic (exact) mass is 447 g/mol. The van der Waals surface area contributed by atoms with E-state index in [-0.39, 0.29) is 16.1 Å². The number of para-hydroxylation sites is 1. The van der Waals surface area contributed by atoms with Crippen LogP contribution in [0.15, 0.2) is 47.4 Å². The van der Waals surface area contributed by atoms with Crippen LogP contribution in [-0.4, -0.2) is 28.6 Å². The maximum atomic E-state index is 12.5. The Hall–Kier alpha value is -1.81. The van der Waals surface area contributed by atoms with Crippen molar-refractivity contribution in [3.63, 3.8) is 0 Å². The van der Waals surface area contributed by atoms with Gasteiger partial charge in [0.25, 0.3) is 10.0 Å². The van der Waals surface area contributed by atoms with Gasteiger partial charge in [-0.3, -0.25) is 4.72 Å². The summed E-state index contributed by atoms with van der Waals surface area (Å²) in [7, 11) is -1.10. The molecule has 0 bridgehead atoms. The van der Waals surface area contributed by atoms with Gasteiger partial charge >= 0.3 is 5.97 Å². The molecule has 0 spiro atoms. The Kier molecular flexibility index (Phi) is 5.47. The fourth-order valence-electron chi connectivity index (χ4n) is 1.88. The summed E-state index contributed by atoms with van der Waals surface area (Å²) in [4.78, 5) is 11.8. The first-order valence-corrected chi connectivity index (χ1v) is 8.99. The average Bonchev–Trinajstić information content (AvgIpc) is 2.54. The van der Waals surface area contributed by atoms with Crippen molar-refractivity contribution < 1.29 is 22.7 Å². The molecule has 23 heavy (non-hydrogen) atoms. The van der Waals surface area contributed by atoms with Gasteiger partial charge in [0.1, 0.15) is 5.75 Å². The second-order valence-corrected chi connectivity index (χ2v) is 7.28. The number of esters is 1. The lowest BCUT2D eigenvalue weighted by Crippen LogP contribution is -2.16. The van der Waals surface area contributed by atoms with E-state index in [0.29, 0.717) is 9.32 Å². The number of carbonyl (C=O) groups is 1. The molecule has 0 aliphatic carbocycles. The van der Waals surface area contributed by atoms with E-state index in [9.17, 15) is 13.2 Å². The number of sulfonamides is 1. The highest BCUT2D eigenvalue weighted by atomic mass is 127. The topological polar surface area (TPSA) is 81.7 Å². The van der Waals surface area contributed by atoms with Gasteiger partial charge in [-0.1, -0.05) is 12.1 Å². The van der Waals surface area contributed by atoms with Crippen molar-refractivity contribution in [1.82, 2.24) is 0 Å². The molecule has 0 heterocycles. The fraction of sp³-hybridized carbons (Fsp3) is 0.133. The van der Waals surface area contributed by atoms with Crippen LogP contribution < -0.4 is 9.46 Å². The van der Waals surface area contributed by atoms with Gasteiger partial charge in [0.05, 0.1) is 33.9 Å². The summed E-state index contributed by atoms with van der Waals surface area (Å²) in [6.45, 7) is 0. The highest BCUT2D eigenvalue weighted by Crippen LogP contribution is 2.26. The predicted octanol–water partition coefficient (Wildman–Crippen LogP) is 2.89. The molecule has 0 atom stereocenters. The van der Waals surface area contributed by atoms with Gasteiger partial charge in [-0.05, 0) is 52.9 Å². The zero-order chi connectivity index (χ0) is 17.0. The molecule has 0 saturated heterocycles. The Labute approximate surface area is 148 Å². The standard InChI is InChI=1S/C15H14INO5S/c1-21-14-8-7-10(9-12(14)16)23(19,20)17-13-6-4-3-5-11(13)15(18)22-2/h3-9,17H,1-2H3. The first kappa shape index (κ1) is 17.5. The summed E-state index contributed by atoms with van der Waals surface area (Å²) < 4.78 is 37.9. The normalized spacial score (nSPS) is 10.9. The van der Waals surface area contributed by atoms with Crippen LogP contribution in [0.5, 0.6) is 5.75 Å². The summed E-state index contributed by atoms with van der Waals surface area (Å²) in [6.07, 6.45) is 0. The summed E-state index contributed by atoms with van der Waals surface area (Å²) in [5, 5.41) is 0. The third-order valence-electron chi connectivity index (χ3n) is 3.01. The second-order valence-electron chi connectivity index (χ2n) is 4.44. The maximum Gasteiger partial charge on any atom is 0.339 e. The first-order chi connectivity index (χ1) is 10.9. The fourth-order valence-corrected chi connectivity index (χ4v) is 3.93. The molecule has 8 heteroatoms. The van der Waals surface area contributed by atoms with Crippen molar-refractivity contribution in [3.8, 4) is 5.75 Å². The van der Waals surface area contributed by atoms with Crippen molar-refractivity contribution in [2.75, 3.05) is 18.9 Å². The third-order valence-corrected chi connectivity index (χ3v) is 5.22. The molecule has 2 aromatic rings. The van der Waals surface area contributed by atoms with E-state index < -0.39 is 16.0 Å². The van der Waals surface area contributed by atoms with E-state index in [2.05, 4.69) is 9.46 Å². The van der Waals surface area contributed by atoms with E-state index in [1.165, 1.54) is 38.5 Å². The van der Waals surface area contributed by atoms with Gasteiger partial charge in [0, 0.05) is 0 Å². The summed E-state index contributed by atoms with van der Waals surface area (Å²) in [6, 6.07) is 10.7. The highest BCUT2D eigenvalue weighted by Gasteiger charge is 2.19. The second kappa shape index (κ2) is 7.18. The molecule has 0 aromatic heterocycles. The molecule has 1 N–H and O–H groups in total. The van der Waals surface area contributed by atoms with E-state index in [1.807, 2.05) is 22.6 Å². The molecule has 0 aliphatic heterocycles. The molecule has 2 aromatic carbocycles. The number of hydrogen-bond acceptors (Lipinski definition) is 5. The molecular formula is C15H14INO5S. The van der Waals surface area contributed by atoms with Gasteiger partial charge in [0.2, 0.25) is 0 Å². The Morgan fingerprint density at radius 1 is 1.13 bits per heavy atom.